The number of rotatable bonds is 4. The molecule has 2 aromatic carbocycles. The van der Waals surface area contributed by atoms with Gasteiger partial charge in [0.15, 0.2) is 12.0 Å². The molecular weight excluding hydrogens is 240 g/mol. The van der Waals surface area contributed by atoms with Crippen LogP contribution < -0.4 is 4.74 Å². The minimum atomic E-state index is 0.307. The number of carbonyl (C=O) groups is 1. The van der Waals surface area contributed by atoms with Gasteiger partial charge in [0.1, 0.15) is 18.1 Å². The Morgan fingerprint density at radius 2 is 1.84 bits per heavy atom. The van der Waals surface area contributed by atoms with Crippen LogP contribution in [0.5, 0.6) is 5.75 Å². The van der Waals surface area contributed by atoms with Gasteiger partial charge in [-0.05, 0) is 23.6 Å². The molecule has 0 fully saturated rings. The zero-order chi connectivity index (χ0) is 13.1. The molecule has 3 rings (SSSR count). The van der Waals surface area contributed by atoms with Crippen molar-refractivity contribution in [3.63, 3.8) is 0 Å². The molecule has 19 heavy (non-hydrogen) atoms. The largest absolute Gasteiger partial charge is 0.485 e. The summed E-state index contributed by atoms with van der Waals surface area (Å²) >= 11 is 0. The molecule has 0 atom stereocenters. The molecule has 0 spiro atoms. The van der Waals surface area contributed by atoms with E-state index in [1.807, 2.05) is 42.5 Å². The summed E-state index contributed by atoms with van der Waals surface area (Å²) in [5.41, 5.74) is 0. The maximum atomic E-state index is 10.5. The topological polar surface area (TPSA) is 39.4 Å². The van der Waals surface area contributed by atoms with Gasteiger partial charge in [-0.2, -0.15) is 0 Å². The lowest BCUT2D eigenvalue weighted by Crippen LogP contribution is -1.94. The van der Waals surface area contributed by atoms with E-state index in [1.165, 1.54) is 0 Å². The number of fused-ring (bicyclic) bond motifs is 1. The molecule has 0 N–H and O–H groups in total. The average Bonchev–Trinajstić information content (AvgIpc) is 2.93. The van der Waals surface area contributed by atoms with E-state index in [1.54, 1.807) is 12.1 Å². The van der Waals surface area contributed by atoms with Gasteiger partial charge in [-0.3, -0.25) is 4.79 Å². The van der Waals surface area contributed by atoms with Crippen molar-refractivity contribution in [1.29, 1.82) is 0 Å². The Kier molecular flexibility index (Phi) is 3.02. The van der Waals surface area contributed by atoms with Crippen LogP contribution in [0.4, 0.5) is 0 Å². The maximum absolute atomic E-state index is 10.5. The summed E-state index contributed by atoms with van der Waals surface area (Å²) in [5.74, 6) is 1.76. The smallest absolute Gasteiger partial charge is 0.185 e. The molecule has 0 aliphatic heterocycles. The first-order valence-corrected chi connectivity index (χ1v) is 6.01. The molecule has 0 amide bonds. The molecule has 0 aliphatic rings. The van der Waals surface area contributed by atoms with E-state index in [9.17, 15) is 4.79 Å². The minimum absolute atomic E-state index is 0.307. The van der Waals surface area contributed by atoms with Gasteiger partial charge < -0.3 is 9.15 Å². The van der Waals surface area contributed by atoms with E-state index in [4.69, 9.17) is 9.15 Å². The van der Waals surface area contributed by atoms with Gasteiger partial charge in [0, 0.05) is 5.39 Å². The fourth-order valence-corrected chi connectivity index (χ4v) is 2.01. The van der Waals surface area contributed by atoms with E-state index in [2.05, 4.69) is 0 Å². The van der Waals surface area contributed by atoms with Gasteiger partial charge in [0.05, 0.1) is 0 Å². The standard InChI is InChI=1S/C16H12O3/c17-10-13-8-9-14(19-13)11-18-16-7-3-5-12-4-1-2-6-15(12)16/h1-10H,11H2. The molecule has 3 aromatic rings. The quantitative estimate of drug-likeness (QED) is 0.662. The highest BCUT2D eigenvalue weighted by Crippen LogP contribution is 2.26. The molecule has 0 radical (unpaired) electrons. The van der Waals surface area contributed by atoms with E-state index in [0.717, 1.165) is 16.5 Å². The van der Waals surface area contributed by atoms with Crippen LogP contribution in [0.3, 0.4) is 0 Å². The second-order valence-electron chi connectivity index (χ2n) is 4.19. The van der Waals surface area contributed by atoms with Crippen molar-refractivity contribution in [2.24, 2.45) is 0 Å². The molecule has 94 valence electrons. The Morgan fingerprint density at radius 3 is 2.68 bits per heavy atom. The SMILES string of the molecule is O=Cc1ccc(COc2cccc3ccccc23)o1. The number of aldehydes is 1. The second-order valence-corrected chi connectivity index (χ2v) is 4.19. The Morgan fingerprint density at radius 1 is 1.00 bits per heavy atom. The van der Waals surface area contributed by atoms with Gasteiger partial charge in [-0.25, -0.2) is 0 Å². The summed E-state index contributed by atoms with van der Waals surface area (Å²) in [6.07, 6.45) is 0.682. The van der Waals surface area contributed by atoms with Crippen LogP contribution in [-0.4, -0.2) is 6.29 Å². The minimum Gasteiger partial charge on any atom is -0.485 e. The Balaban J connectivity index is 1.83. The monoisotopic (exact) mass is 252 g/mol. The third kappa shape index (κ3) is 2.36. The molecule has 0 unspecified atom stereocenters. The summed E-state index contributed by atoms with van der Waals surface area (Å²) in [6, 6.07) is 17.3. The third-order valence-corrected chi connectivity index (χ3v) is 2.92. The van der Waals surface area contributed by atoms with Crippen LogP contribution in [0.2, 0.25) is 0 Å². The van der Waals surface area contributed by atoms with Crippen molar-refractivity contribution >= 4 is 17.1 Å². The lowest BCUT2D eigenvalue weighted by molar-refractivity contribution is 0.109. The Bertz CT molecular complexity index is 707. The zero-order valence-electron chi connectivity index (χ0n) is 10.2. The lowest BCUT2D eigenvalue weighted by atomic mass is 10.1. The Hall–Kier alpha value is -2.55. The Labute approximate surface area is 110 Å². The van der Waals surface area contributed by atoms with Crippen molar-refractivity contribution in [3.05, 3.63) is 66.1 Å². The summed E-state index contributed by atoms with van der Waals surface area (Å²) < 4.78 is 11.0. The number of hydrogen-bond donors (Lipinski definition) is 0. The molecular formula is C16H12O3. The predicted molar refractivity (Wildman–Crippen MR) is 72.4 cm³/mol. The highest BCUT2D eigenvalue weighted by molar-refractivity contribution is 5.88. The maximum Gasteiger partial charge on any atom is 0.185 e. The second kappa shape index (κ2) is 4.98. The first kappa shape index (κ1) is 11.5. The van der Waals surface area contributed by atoms with Gasteiger partial charge in [0.2, 0.25) is 0 Å². The number of benzene rings is 2. The number of carbonyl (C=O) groups excluding carboxylic acids is 1. The van der Waals surface area contributed by atoms with Crippen molar-refractivity contribution in [2.75, 3.05) is 0 Å². The van der Waals surface area contributed by atoms with Gasteiger partial charge >= 0.3 is 0 Å². The van der Waals surface area contributed by atoms with Gasteiger partial charge in [0.25, 0.3) is 0 Å². The fraction of sp³-hybridized carbons (Fsp3) is 0.0625. The van der Waals surface area contributed by atoms with Crippen LogP contribution in [0.25, 0.3) is 10.8 Å². The number of hydrogen-bond acceptors (Lipinski definition) is 3. The van der Waals surface area contributed by atoms with Crippen LogP contribution >= 0.6 is 0 Å². The summed E-state index contributed by atoms with van der Waals surface area (Å²) in [7, 11) is 0. The van der Waals surface area contributed by atoms with Crippen LogP contribution in [0.15, 0.2) is 59.0 Å². The van der Waals surface area contributed by atoms with E-state index < -0.39 is 0 Å². The average molecular weight is 252 g/mol. The molecule has 0 saturated heterocycles. The molecule has 1 aromatic heterocycles. The fourth-order valence-electron chi connectivity index (χ4n) is 2.01. The number of ether oxygens (including phenoxy) is 1. The first-order valence-electron chi connectivity index (χ1n) is 6.01. The molecule has 3 heteroatoms. The van der Waals surface area contributed by atoms with Crippen LogP contribution in [0, 0.1) is 0 Å². The van der Waals surface area contributed by atoms with Crippen molar-refractivity contribution in [2.45, 2.75) is 6.61 Å². The molecule has 1 heterocycles. The molecule has 0 bridgehead atoms. The molecule has 0 aliphatic carbocycles. The van der Waals surface area contributed by atoms with E-state index in [0.29, 0.717) is 24.4 Å². The number of furan rings is 1. The molecule has 3 nitrogen and oxygen atoms in total. The summed E-state index contributed by atoms with van der Waals surface area (Å²) in [5, 5.41) is 2.19. The lowest BCUT2D eigenvalue weighted by Gasteiger charge is -2.07. The normalized spacial score (nSPS) is 10.5. The van der Waals surface area contributed by atoms with Gasteiger partial charge in [-0.15, -0.1) is 0 Å². The van der Waals surface area contributed by atoms with E-state index >= 15 is 0 Å². The highest BCUT2D eigenvalue weighted by atomic mass is 16.5. The zero-order valence-corrected chi connectivity index (χ0v) is 10.2. The first-order chi connectivity index (χ1) is 9.36. The van der Waals surface area contributed by atoms with E-state index in [-0.39, 0.29) is 0 Å². The summed E-state index contributed by atoms with van der Waals surface area (Å²) in [4.78, 5) is 10.5. The van der Waals surface area contributed by atoms with Crippen molar-refractivity contribution < 1.29 is 13.9 Å². The van der Waals surface area contributed by atoms with Crippen molar-refractivity contribution in [1.82, 2.24) is 0 Å². The van der Waals surface area contributed by atoms with Gasteiger partial charge in [-0.1, -0.05) is 36.4 Å². The highest BCUT2D eigenvalue weighted by Gasteiger charge is 2.04. The van der Waals surface area contributed by atoms with Crippen molar-refractivity contribution in [3.8, 4) is 5.75 Å². The van der Waals surface area contributed by atoms with Crippen LogP contribution in [-0.2, 0) is 6.61 Å². The van der Waals surface area contributed by atoms with Crippen LogP contribution in [0.1, 0.15) is 16.3 Å². The third-order valence-electron chi connectivity index (χ3n) is 2.92. The molecule has 0 saturated carbocycles. The predicted octanol–water partition coefficient (Wildman–Crippen LogP) is 3.82. The summed E-state index contributed by atoms with van der Waals surface area (Å²) in [6.45, 7) is 0.307.